The molecule has 1 aliphatic carbocycles. The van der Waals surface area contributed by atoms with E-state index < -0.39 is 0 Å². The smallest absolute Gasteiger partial charge is 0.161 e. The summed E-state index contributed by atoms with van der Waals surface area (Å²) in [6.45, 7) is 0. The molecule has 84 valence electrons. The van der Waals surface area contributed by atoms with Gasteiger partial charge in [-0.05, 0) is 25.0 Å². The highest BCUT2D eigenvalue weighted by Gasteiger charge is 2.38. The second-order valence-corrected chi connectivity index (χ2v) is 5.59. The van der Waals surface area contributed by atoms with Gasteiger partial charge in [0.1, 0.15) is 0 Å². The number of anilines is 1. The van der Waals surface area contributed by atoms with Crippen LogP contribution >= 0.6 is 11.8 Å². The van der Waals surface area contributed by atoms with Crippen molar-refractivity contribution in [3.63, 3.8) is 0 Å². The Kier molecular flexibility index (Phi) is 2.64. The van der Waals surface area contributed by atoms with Crippen LogP contribution in [-0.4, -0.2) is 16.5 Å². The summed E-state index contributed by atoms with van der Waals surface area (Å²) in [6, 6.07) is 10.3. The van der Waals surface area contributed by atoms with Gasteiger partial charge in [-0.2, -0.15) is 0 Å². The van der Waals surface area contributed by atoms with Crippen molar-refractivity contribution in [2.45, 2.75) is 31.2 Å². The van der Waals surface area contributed by atoms with E-state index in [4.69, 9.17) is 4.99 Å². The molecule has 1 spiro atoms. The molecular formula is C13H16N2S. The zero-order valence-corrected chi connectivity index (χ0v) is 10.1. The molecule has 1 N–H and O–H groups in total. The maximum atomic E-state index is 4.88. The Morgan fingerprint density at radius 1 is 1.12 bits per heavy atom. The SMILES string of the molecule is c1ccc(NC2=NC3(CCCC3)CS2)cc1. The Morgan fingerprint density at radius 2 is 1.88 bits per heavy atom. The first-order valence-electron chi connectivity index (χ1n) is 5.91. The molecule has 1 fully saturated rings. The normalized spacial score (nSPS) is 22.4. The third-order valence-corrected chi connectivity index (χ3v) is 4.52. The average Bonchev–Trinajstić information content (AvgIpc) is 2.92. The lowest BCUT2D eigenvalue weighted by atomic mass is 10.0. The van der Waals surface area contributed by atoms with Crippen LogP contribution in [0.3, 0.4) is 0 Å². The van der Waals surface area contributed by atoms with Crippen molar-refractivity contribution < 1.29 is 0 Å². The number of para-hydroxylation sites is 1. The van der Waals surface area contributed by atoms with Gasteiger partial charge in [0.2, 0.25) is 0 Å². The Bertz CT molecular complexity index is 394. The van der Waals surface area contributed by atoms with E-state index in [2.05, 4.69) is 17.4 Å². The van der Waals surface area contributed by atoms with Crippen molar-refractivity contribution in [1.82, 2.24) is 0 Å². The molecule has 1 aliphatic heterocycles. The van der Waals surface area contributed by atoms with Crippen LogP contribution in [0.15, 0.2) is 35.3 Å². The molecule has 0 unspecified atom stereocenters. The van der Waals surface area contributed by atoms with Gasteiger partial charge < -0.3 is 5.32 Å². The largest absolute Gasteiger partial charge is 0.335 e. The van der Waals surface area contributed by atoms with E-state index >= 15 is 0 Å². The number of nitrogens with zero attached hydrogens (tertiary/aromatic N) is 1. The van der Waals surface area contributed by atoms with Crippen molar-refractivity contribution in [1.29, 1.82) is 0 Å². The van der Waals surface area contributed by atoms with E-state index in [1.165, 1.54) is 31.4 Å². The molecule has 0 amide bonds. The first-order chi connectivity index (χ1) is 7.86. The Hall–Kier alpha value is -0.960. The predicted molar refractivity (Wildman–Crippen MR) is 71.2 cm³/mol. The van der Waals surface area contributed by atoms with Crippen LogP contribution in [0.4, 0.5) is 5.69 Å². The topological polar surface area (TPSA) is 24.4 Å². The molecule has 0 saturated heterocycles. The summed E-state index contributed by atoms with van der Waals surface area (Å²) in [6.07, 6.45) is 5.26. The van der Waals surface area contributed by atoms with Crippen LogP contribution in [0.25, 0.3) is 0 Å². The van der Waals surface area contributed by atoms with Crippen LogP contribution < -0.4 is 5.32 Å². The lowest BCUT2D eigenvalue weighted by molar-refractivity contribution is 0.508. The molecule has 0 bridgehead atoms. The van der Waals surface area contributed by atoms with Gasteiger partial charge in [-0.3, -0.25) is 4.99 Å². The van der Waals surface area contributed by atoms with Crippen LogP contribution in [0.2, 0.25) is 0 Å². The molecule has 2 nitrogen and oxygen atoms in total. The molecule has 1 saturated carbocycles. The van der Waals surface area contributed by atoms with Gasteiger partial charge in [0.25, 0.3) is 0 Å². The highest BCUT2D eigenvalue weighted by Crippen LogP contribution is 2.41. The van der Waals surface area contributed by atoms with E-state index in [0.717, 1.165) is 10.9 Å². The highest BCUT2D eigenvalue weighted by molar-refractivity contribution is 8.14. The summed E-state index contributed by atoms with van der Waals surface area (Å²) in [5.41, 5.74) is 1.42. The van der Waals surface area contributed by atoms with Crippen molar-refractivity contribution in [3.8, 4) is 0 Å². The molecule has 1 aromatic rings. The number of hydrogen-bond acceptors (Lipinski definition) is 3. The molecule has 1 heterocycles. The minimum Gasteiger partial charge on any atom is -0.335 e. The van der Waals surface area contributed by atoms with Gasteiger partial charge in [0.05, 0.1) is 5.54 Å². The Balaban J connectivity index is 1.73. The van der Waals surface area contributed by atoms with Gasteiger partial charge in [0.15, 0.2) is 5.17 Å². The number of amidine groups is 1. The van der Waals surface area contributed by atoms with Crippen LogP contribution in [0.5, 0.6) is 0 Å². The van der Waals surface area contributed by atoms with Crippen molar-refractivity contribution >= 4 is 22.6 Å². The zero-order valence-electron chi connectivity index (χ0n) is 9.28. The summed E-state index contributed by atoms with van der Waals surface area (Å²) in [4.78, 5) is 4.88. The number of benzene rings is 1. The number of thioether (sulfide) groups is 1. The maximum Gasteiger partial charge on any atom is 0.161 e. The summed E-state index contributed by atoms with van der Waals surface area (Å²) >= 11 is 1.87. The average molecular weight is 232 g/mol. The molecule has 0 radical (unpaired) electrons. The molecular weight excluding hydrogens is 216 g/mol. The Labute approximate surface area is 101 Å². The third-order valence-electron chi connectivity index (χ3n) is 3.38. The van der Waals surface area contributed by atoms with E-state index in [0.29, 0.717) is 0 Å². The van der Waals surface area contributed by atoms with E-state index in [9.17, 15) is 0 Å². The van der Waals surface area contributed by atoms with Gasteiger partial charge in [0, 0.05) is 11.4 Å². The lowest BCUT2D eigenvalue weighted by Crippen LogP contribution is -2.21. The first kappa shape index (κ1) is 10.2. The fourth-order valence-corrected chi connectivity index (χ4v) is 3.69. The highest BCUT2D eigenvalue weighted by atomic mass is 32.2. The van der Waals surface area contributed by atoms with Crippen LogP contribution in [0, 0.1) is 0 Å². The van der Waals surface area contributed by atoms with Crippen LogP contribution in [-0.2, 0) is 0 Å². The molecule has 2 aliphatic rings. The van der Waals surface area contributed by atoms with Gasteiger partial charge in [-0.15, -0.1) is 0 Å². The molecule has 16 heavy (non-hydrogen) atoms. The summed E-state index contributed by atoms with van der Waals surface area (Å²) in [5.74, 6) is 1.17. The second kappa shape index (κ2) is 4.13. The number of rotatable bonds is 1. The minimum absolute atomic E-state index is 0.280. The van der Waals surface area contributed by atoms with E-state index in [1.54, 1.807) is 0 Å². The zero-order chi connectivity index (χ0) is 10.8. The summed E-state index contributed by atoms with van der Waals surface area (Å²) in [5, 5.41) is 4.51. The van der Waals surface area contributed by atoms with Crippen LogP contribution in [0.1, 0.15) is 25.7 Å². The number of aliphatic imine (C=N–C) groups is 1. The first-order valence-corrected chi connectivity index (χ1v) is 6.90. The van der Waals surface area contributed by atoms with Gasteiger partial charge in [-0.25, -0.2) is 0 Å². The Morgan fingerprint density at radius 3 is 2.62 bits per heavy atom. The van der Waals surface area contributed by atoms with Crippen molar-refractivity contribution in [3.05, 3.63) is 30.3 Å². The summed E-state index contributed by atoms with van der Waals surface area (Å²) in [7, 11) is 0. The molecule has 1 aromatic carbocycles. The fraction of sp³-hybridized carbons (Fsp3) is 0.462. The standard InChI is InChI=1S/C13H16N2S/c1-2-6-11(7-3-1)14-12-15-13(10-16-12)8-4-5-9-13/h1-3,6-7H,4-5,8-10H2,(H,14,15). The second-order valence-electron chi connectivity index (χ2n) is 4.63. The summed E-state index contributed by atoms with van der Waals surface area (Å²) < 4.78 is 0. The number of hydrogen-bond donors (Lipinski definition) is 1. The van der Waals surface area contributed by atoms with Crippen molar-refractivity contribution in [2.24, 2.45) is 4.99 Å². The molecule has 0 aromatic heterocycles. The quantitative estimate of drug-likeness (QED) is 0.801. The van der Waals surface area contributed by atoms with E-state index in [1.807, 2.05) is 30.0 Å². The maximum absolute atomic E-state index is 4.88. The number of nitrogens with one attached hydrogen (secondary N) is 1. The third kappa shape index (κ3) is 1.96. The predicted octanol–water partition coefficient (Wildman–Crippen LogP) is 3.51. The van der Waals surface area contributed by atoms with Gasteiger partial charge >= 0.3 is 0 Å². The monoisotopic (exact) mass is 232 g/mol. The lowest BCUT2D eigenvalue weighted by Gasteiger charge is -2.16. The van der Waals surface area contributed by atoms with Crippen molar-refractivity contribution in [2.75, 3.05) is 11.1 Å². The molecule has 3 rings (SSSR count). The minimum atomic E-state index is 0.280. The van der Waals surface area contributed by atoms with E-state index in [-0.39, 0.29) is 5.54 Å². The fourth-order valence-electron chi connectivity index (χ4n) is 2.48. The van der Waals surface area contributed by atoms with Gasteiger partial charge in [-0.1, -0.05) is 42.8 Å². The molecule has 3 heteroatoms. The molecule has 0 atom stereocenters.